The predicted octanol–water partition coefficient (Wildman–Crippen LogP) is 5.01. The monoisotopic (exact) mass is 476 g/mol. The Morgan fingerprint density at radius 3 is 2.46 bits per heavy atom. The number of aryl methyl sites for hydroxylation is 1. The Hall–Kier alpha value is -4.00. The number of hydrogen-bond acceptors (Lipinski definition) is 4. The molecule has 0 saturated carbocycles. The number of hydrogen-bond donors (Lipinski definition) is 2. The van der Waals surface area contributed by atoms with E-state index in [1.807, 2.05) is 42.9 Å². The maximum atomic E-state index is 14.2. The quantitative estimate of drug-likeness (QED) is 0.480. The van der Waals surface area contributed by atoms with Crippen molar-refractivity contribution in [3.63, 3.8) is 0 Å². The van der Waals surface area contributed by atoms with Gasteiger partial charge in [0.1, 0.15) is 5.82 Å². The lowest BCUT2D eigenvalue weighted by atomic mass is 10.00. The van der Waals surface area contributed by atoms with E-state index in [0.29, 0.717) is 24.5 Å². The van der Waals surface area contributed by atoms with Crippen molar-refractivity contribution in [2.45, 2.75) is 26.3 Å². The van der Waals surface area contributed by atoms with Gasteiger partial charge in [-0.1, -0.05) is 12.1 Å². The Morgan fingerprint density at radius 1 is 1.11 bits per heavy atom. The Bertz CT molecular complexity index is 1310. The first kappa shape index (κ1) is 24.1. The number of fused-ring (bicyclic) bond motifs is 1. The van der Waals surface area contributed by atoms with Crippen molar-refractivity contribution in [3.05, 3.63) is 88.5 Å². The highest BCUT2D eigenvalue weighted by molar-refractivity contribution is 6.04. The lowest BCUT2D eigenvalue weighted by molar-refractivity contribution is -0.120. The van der Waals surface area contributed by atoms with E-state index in [9.17, 15) is 14.3 Å². The maximum absolute atomic E-state index is 14.2. The Morgan fingerprint density at radius 2 is 1.83 bits per heavy atom. The minimum absolute atomic E-state index is 0.0483. The van der Waals surface area contributed by atoms with E-state index in [-0.39, 0.29) is 23.9 Å². The third-order valence-corrected chi connectivity index (χ3v) is 6.39. The summed E-state index contributed by atoms with van der Waals surface area (Å²) in [6.07, 6.45) is 4.67. The van der Waals surface area contributed by atoms with E-state index >= 15 is 0 Å². The molecule has 7 heteroatoms. The van der Waals surface area contributed by atoms with Crippen LogP contribution in [-0.2, 0) is 24.8 Å². The molecule has 0 bridgehead atoms. The molecule has 0 spiro atoms. The summed E-state index contributed by atoms with van der Waals surface area (Å²) >= 11 is 0. The molecule has 0 aliphatic heterocycles. The van der Waals surface area contributed by atoms with Crippen LogP contribution in [0.3, 0.4) is 0 Å². The Balaban J connectivity index is 1.61. The molecule has 1 amide bonds. The van der Waals surface area contributed by atoms with Crippen molar-refractivity contribution in [1.29, 1.82) is 0 Å². The lowest BCUT2D eigenvalue weighted by Gasteiger charge is -2.11. The largest absolute Gasteiger partial charge is 0.502 e. The molecular formula is C28H29FN2O4. The molecule has 0 fully saturated rings. The number of allylic oxidation sites excluding steroid dienone is 3. The molecule has 2 aromatic carbocycles. The van der Waals surface area contributed by atoms with Gasteiger partial charge in [0, 0.05) is 18.9 Å². The first-order valence-corrected chi connectivity index (χ1v) is 11.3. The molecule has 2 N–H and O–H groups in total. The van der Waals surface area contributed by atoms with Gasteiger partial charge in [-0.2, -0.15) is 0 Å². The third kappa shape index (κ3) is 4.94. The van der Waals surface area contributed by atoms with E-state index in [4.69, 9.17) is 9.47 Å². The summed E-state index contributed by atoms with van der Waals surface area (Å²) in [7, 11) is 4.90. The van der Waals surface area contributed by atoms with Crippen molar-refractivity contribution in [2.75, 3.05) is 14.2 Å². The van der Waals surface area contributed by atoms with Crippen molar-refractivity contribution in [1.82, 2.24) is 9.88 Å². The molecule has 3 aromatic rings. The second-order valence-corrected chi connectivity index (χ2v) is 8.53. The van der Waals surface area contributed by atoms with Crippen molar-refractivity contribution in [2.24, 2.45) is 7.05 Å². The number of amides is 1. The molecule has 0 radical (unpaired) electrons. The summed E-state index contributed by atoms with van der Waals surface area (Å²) in [4.78, 5) is 12.8. The number of ether oxygens (including phenoxy) is 2. The minimum Gasteiger partial charge on any atom is -0.502 e. The van der Waals surface area contributed by atoms with Crippen LogP contribution in [0.25, 0.3) is 11.1 Å². The summed E-state index contributed by atoms with van der Waals surface area (Å²) < 4.78 is 26.6. The van der Waals surface area contributed by atoms with E-state index in [1.54, 1.807) is 18.2 Å². The van der Waals surface area contributed by atoms with Crippen LogP contribution in [0.2, 0.25) is 0 Å². The van der Waals surface area contributed by atoms with Crippen LogP contribution >= 0.6 is 0 Å². The molecular weight excluding hydrogens is 447 g/mol. The van der Waals surface area contributed by atoms with Crippen LogP contribution in [0.5, 0.6) is 17.2 Å². The normalized spacial score (nSPS) is 13.8. The van der Waals surface area contributed by atoms with Crippen molar-refractivity contribution < 1.29 is 23.8 Å². The summed E-state index contributed by atoms with van der Waals surface area (Å²) in [5.74, 6) is 0.148. The summed E-state index contributed by atoms with van der Waals surface area (Å²) in [6, 6.07) is 12.1. The zero-order chi connectivity index (χ0) is 25.1. The number of phenols is 1. The van der Waals surface area contributed by atoms with E-state index in [0.717, 1.165) is 39.1 Å². The second-order valence-electron chi connectivity index (χ2n) is 8.53. The van der Waals surface area contributed by atoms with Gasteiger partial charge in [0.25, 0.3) is 0 Å². The van der Waals surface area contributed by atoms with Crippen LogP contribution in [-0.4, -0.2) is 29.8 Å². The zero-order valence-electron chi connectivity index (χ0n) is 20.3. The minimum atomic E-state index is -0.340. The molecule has 4 rings (SSSR count). The Kier molecular flexibility index (Phi) is 6.96. The fourth-order valence-electron chi connectivity index (χ4n) is 4.44. The van der Waals surface area contributed by atoms with Gasteiger partial charge in [-0.15, -0.1) is 0 Å². The van der Waals surface area contributed by atoms with Gasteiger partial charge >= 0.3 is 0 Å². The Labute approximate surface area is 204 Å². The molecule has 0 saturated heterocycles. The lowest BCUT2D eigenvalue weighted by Crippen LogP contribution is -2.23. The first-order chi connectivity index (χ1) is 16.8. The number of aromatic nitrogens is 1. The number of methoxy groups -OCH3 is 2. The van der Waals surface area contributed by atoms with Crippen LogP contribution < -0.4 is 14.8 Å². The van der Waals surface area contributed by atoms with Gasteiger partial charge in [-0.05, 0) is 83.2 Å². The first-order valence-electron chi connectivity index (χ1n) is 11.3. The number of nitrogens with one attached hydrogen (secondary N) is 1. The molecule has 6 nitrogen and oxygen atoms in total. The standard InChI is InChI=1S/C28H29FN2O4/c1-17-21(9-7-18-12-25(34-3)28(33)26(13-18)35-4)22-10-8-19(29)14-24(22)23(17)15-27(32)30-16-20-6-5-11-31(20)2/h5-6,8-14,33H,7,15-16H2,1-4H3,(H,30,32)/b21-9-. The van der Waals surface area contributed by atoms with E-state index in [1.165, 1.54) is 26.4 Å². The predicted molar refractivity (Wildman–Crippen MR) is 134 cm³/mol. The smallest absolute Gasteiger partial charge is 0.224 e. The molecule has 1 aliphatic carbocycles. The number of carbonyl (C=O) groups excluding carboxylic acids is 1. The van der Waals surface area contributed by atoms with Crippen molar-refractivity contribution in [3.8, 4) is 17.2 Å². The molecule has 1 aromatic heterocycles. The van der Waals surface area contributed by atoms with Crippen LogP contribution in [0.4, 0.5) is 4.39 Å². The van der Waals surface area contributed by atoms with Crippen LogP contribution in [0.15, 0.2) is 60.3 Å². The average molecular weight is 477 g/mol. The van der Waals surface area contributed by atoms with E-state index in [2.05, 4.69) is 5.32 Å². The highest BCUT2D eigenvalue weighted by Crippen LogP contribution is 2.43. The third-order valence-electron chi connectivity index (χ3n) is 6.39. The van der Waals surface area contributed by atoms with Crippen molar-refractivity contribution >= 4 is 17.1 Å². The second kappa shape index (κ2) is 10.1. The zero-order valence-corrected chi connectivity index (χ0v) is 20.3. The molecule has 35 heavy (non-hydrogen) atoms. The highest BCUT2D eigenvalue weighted by atomic mass is 19.1. The van der Waals surface area contributed by atoms with Crippen LogP contribution in [0, 0.1) is 5.82 Å². The molecule has 1 heterocycles. The average Bonchev–Trinajstić information content (AvgIpc) is 3.37. The van der Waals surface area contributed by atoms with Gasteiger partial charge in [-0.3, -0.25) is 4.79 Å². The molecule has 182 valence electrons. The topological polar surface area (TPSA) is 72.7 Å². The summed E-state index contributed by atoms with van der Waals surface area (Å²) in [5, 5.41) is 13.1. The van der Waals surface area contributed by atoms with Gasteiger partial charge in [0.15, 0.2) is 11.5 Å². The van der Waals surface area contributed by atoms with Gasteiger partial charge in [0.2, 0.25) is 11.7 Å². The number of rotatable bonds is 8. The molecule has 1 aliphatic rings. The summed E-state index contributed by atoms with van der Waals surface area (Å²) in [6.45, 7) is 2.39. The van der Waals surface area contributed by atoms with Gasteiger partial charge < -0.3 is 24.5 Å². The number of benzene rings is 2. The van der Waals surface area contributed by atoms with Crippen LogP contribution in [0.1, 0.15) is 35.7 Å². The SMILES string of the molecule is COc1cc(C/C=C2/C(C)=C(CC(=O)NCc3cccn3C)c3cc(F)ccc32)cc(OC)c1O. The number of phenolic OH excluding ortho intramolecular Hbond substituents is 1. The van der Waals surface area contributed by atoms with Gasteiger partial charge in [-0.25, -0.2) is 4.39 Å². The number of nitrogens with zero attached hydrogens (tertiary/aromatic N) is 1. The summed E-state index contributed by atoms with van der Waals surface area (Å²) in [5.41, 5.74) is 6.23. The number of halogens is 1. The highest BCUT2D eigenvalue weighted by Gasteiger charge is 2.25. The van der Waals surface area contributed by atoms with E-state index < -0.39 is 0 Å². The fourth-order valence-corrected chi connectivity index (χ4v) is 4.44. The number of carbonyl (C=O) groups is 1. The molecule has 0 unspecified atom stereocenters. The fraction of sp³-hybridized carbons (Fsp3) is 0.250. The number of aromatic hydroxyl groups is 1. The van der Waals surface area contributed by atoms with Gasteiger partial charge in [0.05, 0.1) is 27.2 Å². The maximum Gasteiger partial charge on any atom is 0.224 e. The molecule has 0 atom stereocenters.